The Balaban J connectivity index is 1.92. The first kappa shape index (κ1) is 17.2. The van der Waals surface area contributed by atoms with Gasteiger partial charge in [0.25, 0.3) is 11.8 Å². The number of benzene rings is 2. The fraction of sp³-hybridized carbons (Fsp3) is 0.105. The lowest BCUT2D eigenvalue weighted by Crippen LogP contribution is -2.35. The number of amides is 2. The van der Waals surface area contributed by atoms with Gasteiger partial charge in [0.15, 0.2) is 6.10 Å². The maximum Gasteiger partial charge on any atom is 0.344 e. The summed E-state index contributed by atoms with van der Waals surface area (Å²) in [6.45, 7) is 1.40. The molecular formula is C19H16N2O5. The predicted molar refractivity (Wildman–Crippen MR) is 94.2 cm³/mol. The second kappa shape index (κ2) is 7.10. The van der Waals surface area contributed by atoms with Crippen molar-refractivity contribution in [1.82, 2.24) is 5.43 Å². The summed E-state index contributed by atoms with van der Waals surface area (Å²) < 4.78 is 5.40. The van der Waals surface area contributed by atoms with E-state index < -0.39 is 23.9 Å². The molecule has 1 aliphatic rings. The first-order valence-corrected chi connectivity index (χ1v) is 7.88. The molecule has 7 nitrogen and oxygen atoms in total. The smallest absolute Gasteiger partial charge is 0.344 e. The van der Waals surface area contributed by atoms with E-state index in [0.717, 1.165) is 5.01 Å². The lowest BCUT2D eigenvalue weighted by Gasteiger charge is -2.14. The van der Waals surface area contributed by atoms with Crippen LogP contribution in [0, 0.1) is 0 Å². The van der Waals surface area contributed by atoms with E-state index in [0.29, 0.717) is 11.3 Å². The summed E-state index contributed by atoms with van der Waals surface area (Å²) >= 11 is 0. The average molecular weight is 352 g/mol. The second-order valence-corrected chi connectivity index (χ2v) is 5.61. The average Bonchev–Trinajstić information content (AvgIpc) is 2.92. The van der Waals surface area contributed by atoms with Gasteiger partial charge in [-0.05, 0) is 31.2 Å². The molecule has 0 aliphatic carbocycles. The van der Waals surface area contributed by atoms with E-state index in [1.165, 1.54) is 13.0 Å². The SMILES string of the molecule is CC(Oc1ccccc1C=C1C(=O)NN(c2ccccc2)C1=O)C(=O)O. The van der Waals surface area contributed by atoms with Crippen molar-refractivity contribution in [2.24, 2.45) is 0 Å². The van der Waals surface area contributed by atoms with Crippen molar-refractivity contribution >= 4 is 29.5 Å². The van der Waals surface area contributed by atoms with Crippen LogP contribution in [0.2, 0.25) is 0 Å². The van der Waals surface area contributed by atoms with E-state index in [1.54, 1.807) is 54.6 Å². The molecule has 2 N–H and O–H groups in total. The molecule has 1 unspecified atom stereocenters. The molecule has 0 bridgehead atoms. The van der Waals surface area contributed by atoms with E-state index in [9.17, 15) is 14.4 Å². The number of carbonyl (C=O) groups is 3. The molecule has 26 heavy (non-hydrogen) atoms. The number of hydrazine groups is 1. The van der Waals surface area contributed by atoms with Crippen molar-refractivity contribution in [3.63, 3.8) is 0 Å². The number of carboxylic acids is 1. The molecule has 0 saturated carbocycles. The molecule has 7 heteroatoms. The highest BCUT2D eigenvalue weighted by molar-refractivity contribution is 6.31. The van der Waals surface area contributed by atoms with Crippen molar-refractivity contribution in [3.05, 3.63) is 65.7 Å². The van der Waals surface area contributed by atoms with Crippen molar-refractivity contribution in [3.8, 4) is 5.75 Å². The van der Waals surface area contributed by atoms with E-state index in [2.05, 4.69) is 5.43 Å². The van der Waals surface area contributed by atoms with Crippen LogP contribution in [0.5, 0.6) is 5.75 Å². The third kappa shape index (κ3) is 3.41. The zero-order valence-corrected chi connectivity index (χ0v) is 13.9. The normalized spacial score (nSPS) is 16.5. The van der Waals surface area contributed by atoms with Crippen LogP contribution < -0.4 is 15.2 Å². The molecular weight excluding hydrogens is 336 g/mol. The highest BCUT2D eigenvalue weighted by Gasteiger charge is 2.34. The molecule has 1 aliphatic heterocycles. The molecule has 2 aromatic rings. The standard InChI is InChI=1S/C19H16N2O5/c1-12(19(24)25)26-16-10-6-5-7-13(16)11-15-17(22)20-21(18(15)23)14-8-3-2-4-9-14/h2-12H,1H3,(H,20,22)(H,24,25). The summed E-state index contributed by atoms with van der Waals surface area (Å²) in [6.07, 6.45) is 0.327. The largest absolute Gasteiger partial charge is 0.479 e. The first-order valence-electron chi connectivity index (χ1n) is 7.88. The van der Waals surface area contributed by atoms with Gasteiger partial charge in [0.1, 0.15) is 11.3 Å². The third-order valence-corrected chi connectivity index (χ3v) is 3.78. The van der Waals surface area contributed by atoms with Crippen molar-refractivity contribution in [2.75, 3.05) is 5.01 Å². The third-order valence-electron chi connectivity index (χ3n) is 3.78. The molecule has 1 atom stereocenters. The number of nitrogens with zero attached hydrogens (tertiary/aromatic N) is 1. The Morgan fingerprint density at radius 2 is 1.77 bits per heavy atom. The Morgan fingerprint density at radius 1 is 1.12 bits per heavy atom. The Bertz CT molecular complexity index is 892. The number of hydrogen-bond donors (Lipinski definition) is 2. The van der Waals surface area contributed by atoms with Gasteiger partial charge >= 0.3 is 5.97 Å². The summed E-state index contributed by atoms with van der Waals surface area (Å²) in [4.78, 5) is 35.8. The van der Waals surface area contributed by atoms with Crippen LogP contribution in [-0.2, 0) is 14.4 Å². The summed E-state index contributed by atoms with van der Waals surface area (Å²) in [6, 6.07) is 15.3. The number of para-hydroxylation sites is 2. The quantitative estimate of drug-likeness (QED) is 0.634. The highest BCUT2D eigenvalue weighted by atomic mass is 16.5. The van der Waals surface area contributed by atoms with Crippen LogP contribution in [-0.4, -0.2) is 29.0 Å². The molecule has 132 valence electrons. The fourth-order valence-corrected chi connectivity index (χ4v) is 2.42. The van der Waals surface area contributed by atoms with Gasteiger partial charge in [0, 0.05) is 5.56 Å². The number of carbonyl (C=O) groups excluding carboxylic acids is 2. The van der Waals surface area contributed by atoms with Crippen molar-refractivity contribution in [1.29, 1.82) is 0 Å². The van der Waals surface area contributed by atoms with Crippen LogP contribution in [0.1, 0.15) is 12.5 Å². The Hall–Kier alpha value is -3.61. The fourth-order valence-electron chi connectivity index (χ4n) is 2.42. The van der Waals surface area contributed by atoms with Gasteiger partial charge in [-0.25, -0.2) is 9.80 Å². The maximum atomic E-state index is 12.6. The van der Waals surface area contributed by atoms with Gasteiger partial charge in [0.05, 0.1) is 5.69 Å². The van der Waals surface area contributed by atoms with Crippen LogP contribution in [0.4, 0.5) is 5.69 Å². The lowest BCUT2D eigenvalue weighted by atomic mass is 10.1. The predicted octanol–water partition coefficient (Wildman–Crippen LogP) is 2.00. The maximum absolute atomic E-state index is 12.6. The van der Waals surface area contributed by atoms with E-state index in [1.807, 2.05) is 0 Å². The second-order valence-electron chi connectivity index (χ2n) is 5.61. The monoisotopic (exact) mass is 352 g/mol. The summed E-state index contributed by atoms with van der Waals surface area (Å²) in [5.41, 5.74) is 3.43. The van der Waals surface area contributed by atoms with E-state index in [-0.39, 0.29) is 11.3 Å². The Labute approximate surface area is 149 Å². The zero-order valence-electron chi connectivity index (χ0n) is 13.9. The number of anilines is 1. The number of aliphatic carboxylic acids is 1. The van der Waals surface area contributed by atoms with Crippen molar-refractivity contribution in [2.45, 2.75) is 13.0 Å². The topological polar surface area (TPSA) is 95.9 Å². The molecule has 1 heterocycles. The number of nitrogens with one attached hydrogen (secondary N) is 1. The van der Waals surface area contributed by atoms with Crippen LogP contribution in [0.25, 0.3) is 6.08 Å². The first-order chi connectivity index (χ1) is 12.5. The van der Waals surface area contributed by atoms with Crippen LogP contribution >= 0.6 is 0 Å². The number of hydrogen-bond acceptors (Lipinski definition) is 4. The van der Waals surface area contributed by atoms with Gasteiger partial charge in [0.2, 0.25) is 0 Å². The molecule has 1 saturated heterocycles. The minimum atomic E-state index is -1.11. The Kier molecular flexibility index (Phi) is 4.70. The van der Waals surface area contributed by atoms with Gasteiger partial charge < -0.3 is 9.84 Å². The lowest BCUT2D eigenvalue weighted by molar-refractivity contribution is -0.144. The van der Waals surface area contributed by atoms with Gasteiger partial charge in [-0.2, -0.15) is 0 Å². The molecule has 0 spiro atoms. The number of rotatable bonds is 5. The van der Waals surface area contributed by atoms with Gasteiger partial charge in [-0.15, -0.1) is 0 Å². The summed E-state index contributed by atoms with van der Waals surface area (Å²) in [5.74, 6) is -1.88. The van der Waals surface area contributed by atoms with Crippen LogP contribution in [0.15, 0.2) is 60.2 Å². The summed E-state index contributed by atoms with van der Waals surface area (Å²) in [5, 5.41) is 10.2. The molecule has 2 aromatic carbocycles. The van der Waals surface area contributed by atoms with Crippen molar-refractivity contribution < 1.29 is 24.2 Å². The number of ether oxygens (including phenoxy) is 1. The molecule has 2 amide bonds. The highest BCUT2D eigenvalue weighted by Crippen LogP contribution is 2.26. The van der Waals surface area contributed by atoms with E-state index in [4.69, 9.17) is 9.84 Å². The minimum absolute atomic E-state index is 0.0621. The summed E-state index contributed by atoms with van der Waals surface area (Å²) in [7, 11) is 0. The molecule has 0 radical (unpaired) electrons. The molecule has 1 fully saturated rings. The molecule has 0 aromatic heterocycles. The Morgan fingerprint density at radius 3 is 2.46 bits per heavy atom. The minimum Gasteiger partial charge on any atom is -0.479 e. The molecule has 3 rings (SSSR count). The van der Waals surface area contributed by atoms with Crippen LogP contribution in [0.3, 0.4) is 0 Å². The zero-order chi connectivity index (χ0) is 18.7. The van der Waals surface area contributed by atoms with Gasteiger partial charge in [-0.3, -0.25) is 15.0 Å². The van der Waals surface area contributed by atoms with E-state index >= 15 is 0 Å². The van der Waals surface area contributed by atoms with Gasteiger partial charge in [-0.1, -0.05) is 36.4 Å². The number of carboxylic acid groups (broad SMARTS) is 1.